The van der Waals surface area contributed by atoms with Crippen LogP contribution in [-0.2, 0) is 4.43 Å². The van der Waals surface area contributed by atoms with Crippen LogP contribution in [0.3, 0.4) is 0 Å². The van der Waals surface area contributed by atoms with Crippen molar-refractivity contribution in [3.8, 4) is 0 Å². The number of hydrogen-bond acceptors (Lipinski definition) is 1. The van der Waals surface area contributed by atoms with Crippen molar-refractivity contribution in [2.24, 2.45) is 0 Å². The quantitative estimate of drug-likeness (QED) is 0.506. The first-order chi connectivity index (χ1) is 5.89. The SMILES string of the molecule is C=CCC1CC[Si](C)(C)[Si](C)(C)O1. The van der Waals surface area contributed by atoms with E-state index in [1.807, 2.05) is 6.08 Å². The minimum Gasteiger partial charge on any atom is -0.417 e. The maximum atomic E-state index is 6.26. The minimum atomic E-state index is -1.33. The van der Waals surface area contributed by atoms with Gasteiger partial charge in [0.15, 0.2) is 7.83 Å². The Morgan fingerprint density at radius 3 is 2.46 bits per heavy atom. The van der Waals surface area contributed by atoms with E-state index in [1.165, 1.54) is 12.5 Å². The fourth-order valence-corrected chi connectivity index (χ4v) is 8.52. The van der Waals surface area contributed by atoms with Crippen molar-refractivity contribution in [3.05, 3.63) is 12.7 Å². The first-order valence-corrected chi connectivity index (χ1v) is 12.3. The molecule has 0 bridgehead atoms. The van der Waals surface area contributed by atoms with E-state index in [-0.39, 0.29) is 0 Å². The second-order valence-corrected chi connectivity index (χ2v) is 20.4. The van der Waals surface area contributed by atoms with E-state index in [2.05, 4.69) is 32.8 Å². The summed E-state index contributed by atoms with van der Waals surface area (Å²) in [7, 11) is -2.33. The lowest BCUT2D eigenvalue weighted by Crippen LogP contribution is -2.61. The van der Waals surface area contributed by atoms with Crippen molar-refractivity contribution >= 4 is 15.4 Å². The monoisotopic (exact) mass is 214 g/mol. The van der Waals surface area contributed by atoms with Crippen LogP contribution < -0.4 is 0 Å². The van der Waals surface area contributed by atoms with E-state index in [9.17, 15) is 0 Å². The molecule has 0 aromatic rings. The fraction of sp³-hybridized carbons (Fsp3) is 0.800. The molecule has 0 amide bonds. The van der Waals surface area contributed by atoms with Gasteiger partial charge in [0.1, 0.15) is 0 Å². The van der Waals surface area contributed by atoms with Crippen molar-refractivity contribution in [1.82, 2.24) is 0 Å². The molecule has 0 saturated carbocycles. The Balaban J connectivity index is 2.64. The predicted octanol–water partition coefficient (Wildman–Crippen LogP) is 3.34. The molecule has 0 radical (unpaired) electrons. The smallest absolute Gasteiger partial charge is 0.174 e. The first kappa shape index (κ1) is 11.2. The zero-order valence-corrected chi connectivity index (χ0v) is 11.4. The zero-order valence-electron chi connectivity index (χ0n) is 9.39. The molecule has 0 aliphatic carbocycles. The fourth-order valence-electron chi connectivity index (χ4n) is 1.81. The molecule has 1 heterocycles. The van der Waals surface area contributed by atoms with Gasteiger partial charge in [-0.3, -0.25) is 0 Å². The van der Waals surface area contributed by atoms with Crippen LogP contribution in [0.25, 0.3) is 0 Å². The van der Waals surface area contributed by atoms with E-state index < -0.39 is 15.4 Å². The Hall–Kier alpha value is 0.134. The van der Waals surface area contributed by atoms with Crippen LogP contribution in [-0.4, -0.2) is 21.5 Å². The molecule has 1 unspecified atom stereocenters. The van der Waals surface area contributed by atoms with Gasteiger partial charge in [-0.15, -0.1) is 6.58 Å². The summed E-state index contributed by atoms with van der Waals surface area (Å²) in [6, 6.07) is 1.45. The lowest BCUT2D eigenvalue weighted by atomic mass is 10.2. The normalized spacial score (nSPS) is 31.2. The Morgan fingerprint density at radius 1 is 1.38 bits per heavy atom. The Morgan fingerprint density at radius 2 is 2.00 bits per heavy atom. The summed E-state index contributed by atoms with van der Waals surface area (Å²) < 4.78 is 6.26. The summed E-state index contributed by atoms with van der Waals surface area (Å²) in [6.07, 6.45) is 4.79. The summed E-state index contributed by atoms with van der Waals surface area (Å²) in [5, 5.41) is 0. The van der Waals surface area contributed by atoms with Gasteiger partial charge in [-0.1, -0.05) is 25.2 Å². The largest absolute Gasteiger partial charge is 0.417 e. The molecule has 1 aliphatic heterocycles. The van der Waals surface area contributed by atoms with Crippen LogP contribution in [0.4, 0.5) is 0 Å². The van der Waals surface area contributed by atoms with Gasteiger partial charge < -0.3 is 4.43 Å². The van der Waals surface area contributed by atoms with Gasteiger partial charge in [0.2, 0.25) is 0 Å². The molecule has 1 nitrogen and oxygen atoms in total. The van der Waals surface area contributed by atoms with Gasteiger partial charge in [-0.2, -0.15) is 0 Å². The highest BCUT2D eigenvalue weighted by molar-refractivity contribution is 7.38. The molecular weight excluding hydrogens is 192 g/mol. The Kier molecular flexibility index (Phi) is 3.20. The third-order valence-corrected chi connectivity index (χ3v) is 20.2. The molecule has 76 valence electrons. The Labute approximate surface area is 84.1 Å². The zero-order chi connectivity index (χ0) is 10.1. The molecule has 1 fully saturated rings. The summed E-state index contributed by atoms with van der Waals surface area (Å²) in [6.45, 7) is 13.6. The van der Waals surface area contributed by atoms with E-state index >= 15 is 0 Å². The van der Waals surface area contributed by atoms with Crippen molar-refractivity contribution < 1.29 is 4.43 Å². The van der Waals surface area contributed by atoms with Gasteiger partial charge in [0.25, 0.3) is 0 Å². The molecule has 0 spiro atoms. The lowest BCUT2D eigenvalue weighted by Gasteiger charge is -2.45. The van der Waals surface area contributed by atoms with Gasteiger partial charge in [-0.25, -0.2) is 0 Å². The van der Waals surface area contributed by atoms with Crippen LogP contribution in [0.2, 0.25) is 32.2 Å². The number of rotatable bonds is 2. The lowest BCUT2D eigenvalue weighted by molar-refractivity contribution is 0.189. The highest BCUT2D eigenvalue weighted by Crippen LogP contribution is 2.34. The van der Waals surface area contributed by atoms with Gasteiger partial charge in [0.05, 0.1) is 7.59 Å². The maximum Gasteiger partial charge on any atom is 0.174 e. The van der Waals surface area contributed by atoms with Gasteiger partial charge in [-0.05, 0) is 25.9 Å². The molecule has 13 heavy (non-hydrogen) atoms. The molecule has 3 heteroatoms. The highest BCUT2D eigenvalue weighted by atomic mass is 29.3. The molecule has 0 aromatic carbocycles. The Bertz CT molecular complexity index is 199. The molecule has 1 rings (SSSR count). The van der Waals surface area contributed by atoms with E-state index in [1.54, 1.807) is 0 Å². The molecule has 1 saturated heterocycles. The standard InChI is InChI=1S/C10H22OSi2/c1-6-7-10-8-9-12(2,3)13(4,5)11-10/h6,10H,1,7-9H2,2-5H3. The van der Waals surface area contributed by atoms with Crippen LogP contribution in [0.1, 0.15) is 12.8 Å². The average Bonchev–Trinajstić information content (AvgIpc) is 1.98. The summed E-state index contributed by atoms with van der Waals surface area (Å²) >= 11 is 0. The van der Waals surface area contributed by atoms with Crippen LogP contribution in [0.15, 0.2) is 12.7 Å². The molecular formula is C10H22OSi2. The second-order valence-electron chi connectivity index (χ2n) is 5.20. The third-order valence-electron chi connectivity index (χ3n) is 3.61. The van der Waals surface area contributed by atoms with Crippen LogP contribution in [0, 0.1) is 0 Å². The van der Waals surface area contributed by atoms with Gasteiger partial charge in [0, 0.05) is 6.10 Å². The van der Waals surface area contributed by atoms with Crippen molar-refractivity contribution in [1.29, 1.82) is 0 Å². The maximum absolute atomic E-state index is 6.26. The minimum absolute atomic E-state index is 0.486. The highest BCUT2D eigenvalue weighted by Gasteiger charge is 2.47. The second kappa shape index (κ2) is 3.71. The summed E-state index contributed by atoms with van der Waals surface area (Å²) in [5.41, 5.74) is 0. The first-order valence-electron chi connectivity index (χ1n) is 5.18. The molecule has 0 aromatic heterocycles. The molecule has 0 N–H and O–H groups in total. The van der Waals surface area contributed by atoms with Gasteiger partial charge >= 0.3 is 0 Å². The van der Waals surface area contributed by atoms with Crippen LogP contribution in [0.5, 0.6) is 0 Å². The van der Waals surface area contributed by atoms with E-state index in [0.717, 1.165) is 6.42 Å². The number of hydrogen-bond donors (Lipinski definition) is 0. The van der Waals surface area contributed by atoms with E-state index in [4.69, 9.17) is 4.43 Å². The summed E-state index contributed by atoms with van der Waals surface area (Å²) in [4.78, 5) is 0. The van der Waals surface area contributed by atoms with Crippen LogP contribution >= 0.6 is 0 Å². The molecule has 1 atom stereocenters. The topological polar surface area (TPSA) is 9.23 Å². The van der Waals surface area contributed by atoms with Crippen molar-refractivity contribution in [2.75, 3.05) is 0 Å². The predicted molar refractivity (Wildman–Crippen MR) is 64.1 cm³/mol. The van der Waals surface area contributed by atoms with E-state index in [0.29, 0.717) is 6.10 Å². The average molecular weight is 214 g/mol. The molecule has 1 aliphatic rings. The van der Waals surface area contributed by atoms with Crippen molar-refractivity contribution in [3.63, 3.8) is 0 Å². The van der Waals surface area contributed by atoms with Crippen molar-refractivity contribution in [2.45, 2.75) is 51.2 Å². The third kappa shape index (κ3) is 2.33. The summed E-state index contributed by atoms with van der Waals surface area (Å²) in [5.74, 6) is 0.